The first-order valence-electron chi connectivity index (χ1n) is 4.88. The summed E-state index contributed by atoms with van der Waals surface area (Å²) >= 11 is 0. The molecule has 0 bridgehead atoms. The van der Waals surface area contributed by atoms with Crippen molar-refractivity contribution in [3.63, 3.8) is 0 Å². The molecule has 0 radical (unpaired) electrons. The van der Waals surface area contributed by atoms with E-state index in [0.717, 1.165) is 12.8 Å². The lowest BCUT2D eigenvalue weighted by Crippen LogP contribution is -2.37. The van der Waals surface area contributed by atoms with Gasteiger partial charge < -0.3 is 10.2 Å². The second-order valence-corrected chi connectivity index (χ2v) is 3.98. The molecule has 0 fully saturated rings. The summed E-state index contributed by atoms with van der Waals surface area (Å²) in [5.41, 5.74) is -1.51. The fourth-order valence-corrected chi connectivity index (χ4v) is 1.24. The van der Waals surface area contributed by atoms with Gasteiger partial charge in [0.1, 0.15) is 0 Å². The van der Waals surface area contributed by atoms with Gasteiger partial charge in [0.25, 0.3) is 0 Å². The number of carboxylic acids is 1. The Kier molecular flexibility index (Phi) is 4.99. The number of hydrogen-bond donors (Lipinski definition) is 2. The van der Waals surface area contributed by atoms with Crippen molar-refractivity contribution < 1.29 is 15.0 Å². The highest BCUT2D eigenvalue weighted by Gasteiger charge is 2.32. The Morgan fingerprint density at radius 2 is 2.00 bits per heavy atom. The van der Waals surface area contributed by atoms with Crippen molar-refractivity contribution in [1.82, 2.24) is 0 Å². The van der Waals surface area contributed by atoms with Gasteiger partial charge in [-0.05, 0) is 25.2 Å². The molecule has 0 saturated carbocycles. The predicted molar refractivity (Wildman–Crippen MR) is 51.6 cm³/mol. The third kappa shape index (κ3) is 4.27. The molecule has 1 atom stereocenters. The van der Waals surface area contributed by atoms with Crippen LogP contribution in [0, 0.1) is 5.92 Å². The lowest BCUT2D eigenvalue weighted by molar-refractivity contribution is -0.159. The van der Waals surface area contributed by atoms with E-state index in [1.165, 1.54) is 0 Å². The summed E-state index contributed by atoms with van der Waals surface area (Å²) in [6.07, 6.45) is 2.38. The molecule has 0 aliphatic heterocycles. The van der Waals surface area contributed by atoms with Gasteiger partial charge in [-0.1, -0.05) is 27.2 Å². The van der Waals surface area contributed by atoms with Crippen molar-refractivity contribution in [3.05, 3.63) is 0 Å². The quantitative estimate of drug-likeness (QED) is 0.670. The molecule has 0 unspecified atom stereocenters. The van der Waals surface area contributed by atoms with E-state index in [4.69, 9.17) is 5.11 Å². The summed E-state index contributed by atoms with van der Waals surface area (Å²) in [5, 5.41) is 18.4. The molecule has 0 rings (SSSR count). The number of rotatable bonds is 6. The number of aliphatic carboxylic acids is 1. The van der Waals surface area contributed by atoms with Crippen molar-refractivity contribution in [2.45, 2.75) is 52.1 Å². The topological polar surface area (TPSA) is 57.5 Å². The molecule has 0 spiro atoms. The Labute approximate surface area is 79.8 Å². The maximum Gasteiger partial charge on any atom is 0.335 e. The molecule has 3 nitrogen and oxygen atoms in total. The van der Waals surface area contributed by atoms with E-state index >= 15 is 0 Å². The van der Waals surface area contributed by atoms with Gasteiger partial charge in [0.2, 0.25) is 0 Å². The van der Waals surface area contributed by atoms with Gasteiger partial charge in [-0.3, -0.25) is 0 Å². The highest BCUT2D eigenvalue weighted by Crippen LogP contribution is 2.20. The van der Waals surface area contributed by atoms with Crippen molar-refractivity contribution in [2.75, 3.05) is 0 Å². The average Bonchev–Trinajstić information content (AvgIpc) is 2.03. The van der Waals surface area contributed by atoms with Crippen molar-refractivity contribution in [3.8, 4) is 0 Å². The Morgan fingerprint density at radius 1 is 1.46 bits per heavy atom. The number of carboxylic acid groups (broad SMARTS) is 1. The standard InChI is InChI=1S/C10H20O3/c1-4-10(13,9(11)12)7-5-6-8(2)3/h8,13H,4-7H2,1-3H3,(H,11,12)/t10-/m0/s1. The van der Waals surface area contributed by atoms with Crippen molar-refractivity contribution in [2.24, 2.45) is 5.92 Å². The van der Waals surface area contributed by atoms with Crippen LogP contribution in [0.3, 0.4) is 0 Å². The summed E-state index contributed by atoms with van der Waals surface area (Å²) in [6, 6.07) is 0. The third-order valence-corrected chi connectivity index (χ3v) is 2.35. The second kappa shape index (κ2) is 5.22. The van der Waals surface area contributed by atoms with Crippen LogP contribution in [0.2, 0.25) is 0 Å². The lowest BCUT2D eigenvalue weighted by atomic mass is 9.92. The average molecular weight is 188 g/mol. The van der Waals surface area contributed by atoms with E-state index in [1.807, 2.05) is 0 Å². The van der Waals surface area contributed by atoms with E-state index in [1.54, 1.807) is 6.92 Å². The van der Waals surface area contributed by atoms with Gasteiger partial charge in [0, 0.05) is 0 Å². The molecular weight excluding hydrogens is 168 g/mol. The minimum Gasteiger partial charge on any atom is -0.479 e. The molecular formula is C10H20O3. The Morgan fingerprint density at radius 3 is 2.31 bits per heavy atom. The lowest BCUT2D eigenvalue weighted by Gasteiger charge is -2.21. The van der Waals surface area contributed by atoms with Crippen LogP contribution in [0.15, 0.2) is 0 Å². The molecule has 0 amide bonds. The van der Waals surface area contributed by atoms with Crippen LogP contribution in [-0.2, 0) is 4.79 Å². The third-order valence-electron chi connectivity index (χ3n) is 2.35. The van der Waals surface area contributed by atoms with E-state index in [9.17, 15) is 9.90 Å². The molecule has 78 valence electrons. The zero-order valence-electron chi connectivity index (χ0n) is 8.71. The van der Waals surface area contributed by atoms with E-state index in [0.29, 0.717) is 12.3 Å². The van der Waals surface area contributed by atoms with Gasteiger partial charge in [0.05, 0.1) is 0 Å². The molecule has 0 saturated heterocycles. The Balaban J connectivity index is 3.92. The predicted octanol–water partition coefficient (Wildman–Crippen LogP) is 2.04. The van der Waals surface area contributed by atoms with Crippen LogP contribution in [0.1, 0.15) is 46.5 Å². The molecule has 0 aromatic carbocycles. The van der Waals surface area contributed by atoms with Crippen molar-refractivity contribution in [1.29, 1.82) is 0 Å². The maximum absolute atomic E-state index is 10.7. The molecule has 0 aromatic heterocycles. The van der Waals surface area contributed by atoms with Crippen molar-refractivity contribution >= 4 is 5.97 Å². The van der Waals surface area contributed by atoms with Gasteiger partial charge in [-0.15, -0.1) is 0 Å². The summed E-state index contributed by atoms with van der Waals surface area (Å²) in [5.74, 6) is -0.534. The largest absolute Gasteiger partial charge is 0.479 e. The minimum atomic E-state index is -1.51. The van der Waals surface area contributed by atoms with Crippen LogP contribution in [0.5, 0.6) is 0 Å². The molecule has 13 heavy (non-hydrogen) atoms. The molecule has 3 heteroatoms. The van der Waals surface area contributed by atoms with Gasteiger partial charge in [-0.25, -0.2) is 4.79 Å². The zero-order valence-corrected chi connectivity index (χ0v) is 8.71. The molecule has 0 heterocycles. The summed E-state index contributed by atoms with van der Waals surface area (Å²) < 4.78 is 0. The normalized spacial score (nSPS) is 15.8. The SMILES string of the molecule is CC[C@](O)(CCCC(C)C)C(=O)O. The Hall–Kier alpha value is -0.570. The first-order valence-corrected chi connectivity index (χ1v) is 4.88. The second-order valence-electron chi connectivity index (χ2n) is 3.98. The summed E-state index contributed by atoms with van der Waals surface area (Å²) in [6.45, 7) is 5.88. The van der Waals surface area contributed by atoms with Crippen LogP contribution in [-0.4, -0.2) is 21.8 Å². The number of hydrogen-bond acceptors (Lipinski definition) is 2. The maximum atomic E-state index is 10.7. The van der Waals surface area contributed by atoms with Crippen LogP contribution in [0.25, 0.3) is 0 Å². The van der Waals surface area contributed by atoms with Crippen LogP contribution < -0.4 is 0 Å². The fourth-order valence-electron chi connectivity index (χ4n) is 1.24. The highest BCUT2D eigenvalue weighted by atomic mass is 16.4. The molecule has 0 aliphatic rings. The monoisotopic (exact) mass is 188 g/mol. The molecule has 0 aliphatic carbocycles. The fraction of sp³-hybridized carbons (Fsp3) is 0.900. The minimum absolute atomic E-state index is 0.278. The number of carbonyl (C=O) groups is 1. The van der Waals surface area contributed by atoms with Crippen LogP contribution >= 0.6 is 0 Å². The smallest absolute Gasteiger partial charge is 0.335 e. The molecule has 2 N–H and O–H groups in total. The van der Waals surface area contributed by atoms with E-state index in [2.05, 4.69) is 13.8 Å². The molecule has 0 aromatic rings. The van der Waals surface area contributed by atoms with Gasteiger partial charge in [-0.2, -0.15) is 0 Å². The van der Waals surface area contributed by atoms with E-state index < -0.39 is 11.6 Å². The first kappa shape index (κ1) is 12.4. The first-order chi connectivity index (χ1) is 5.92. The Bertz CT molecular complexity index is 166. The zero-order chi connectivity index (χ0) is 10.5. The van der Waals surface area contributed by atoms with E-state index in [-0.39, 0.29) is 6.42 Å². The number of aliphatic hydroxyl groups is 1. The van der Waals surface area contributed by atoms with Crippen LogP contribution in [0.4, 0.5) is 0 Å². The summed E-state index contributed by atoms with van der Waals surface area (Å²) in [4.78, 5) is 10.7. The highest BCUT2D eigenvalue weighted by molar-refractivity contribution is 5.76. The van der Waals surface area contributed by atoms with Gasteiger partial charge >= 0.3 is 5.97 Å². The summed E-state index contributed by atoms with van der Waals surface area (Å²) in [7, 11) is 0. The van der Waals surface area contributed by atoms with Gasteiger partial charge in [0.15, 0.2) is 5.60 Å².